The van der Waals surface area contributed by atoms with Gasteiger partial charge >= 0.3 is 0 Å². The average molecular weight is 343 g/mol. The van der Waals surface area contributed by atoms with Gasteiger partial charge in [0.25, 0.3) is 0 Å². The van der Waals surface area contributed by atoms with E-state index in [4.69, 9.17) is 0 Å². The van der Waals surface area contributed by atoms with Crippen molar-refractivity contribution >= 4 is 17.5 Å². The molecule has 5 heteroatoms. The lowest BCUT2D eigenvalue weighted by Gasteiger charge is -2.23. The van der Waals surface area contributed by atoms with E-state index in [0.717, 1.165) is 19.3 Å². The van der Waals surface area contributed by atoms with E-state index >= 15 is 0 Å². The molecule has 0 bridgehead atoms. The largest absolute Gasteiger partial charge is 0.378 e. The number of amides is 2. The highest BCUT2D eigenvalue weighted by Crippen LogP contribution is 2.29. The van der Waals surface area contributed by atoms with Gasteiger partial charge in [0.1, 0.15) is 0 Å². The Balaban J connectivity index is 1.44. The summed E-state index contributed by atoms with van der Waals surface area (Å²) in [4.78, 5) is 28.6. The summed E-state index contributed by atoms with van der Waals surface area (Å²) in [6.07, 6.45) is 5.80. The number of likely N-dealkylation sites (tertiary alicyclic amines) is 1. The van der Waals surface area contributed by atoms with Crippen molar-refractivity contribution in [2.45, 2.75) is 44.6 Å². The van der Waals surface area contributed by atoms with Crippen LogP contribution in [0.5, 0.6) is 0 Å². The normalized spacial score (nSPS) is 21.0. The van der Waals surface area contributed by atoms with Crippen LogP contribution < -0.4 is 10.2 Å². The fraction of sp³-hybridized carbons (Fsp3) is 0.600. The van der Waals surface area contributed by atoms with Crippen molar-refractivity contribution in [3.63, 3.8) is 0 Å². The molecule has 2 aliphatic rings. The Morgan fingerprint density at radius 3 is 2.52 bits per heavy atom. The van der Waals surface area contributed by atoms with Gasteiger partial charge < -0.3 is 15.1 Å². The first-order valence-corrected chi connectivity index (χ1v) is 9.38. The minimum absolute atomic E-state index is 0.0266. The van der Waals surface area contributed by atoms with Crippen LogP contribution in [-0.4, -0.2) is 49.9 Å². The standard InChI is InChI=1S/C20H29N3O2/c1-22(2)17-9-7-15(8-10-17)11-12-21-20(25)16-13-19(24)23(14-16)18-5-3-4-6-18/h7-10,16,18H,3-6,11-14H2,1-2H3,(H,21,25)/t16-/m0/s1. The lowest BCUT2D eigenvalue weighted by atomic mass is 10.1. The van der Waals surface area contributed by atoms with Crippen molar-refractivity contribution in [3.05, 3.63) is 29.8 Å². The third-order valence-electron chi connectivity index (χ3n) is 5.46. The van der Waals surface area contributed by atoms with Gasteiger partial charge in [-0.05, 0) is 37.0 Å². The van der Waals surface area contributed by atoms with Crippen LogP contribution in [0, 0.1) is 5.92 Å². The number of nitrogens with one attached hydrogen (secondary N) is 1. The number of rotatable bonds is 6. The van der Waals surface area contributed by atoms with Crippen molar-refractivity contribution in [2.75, 3.05) is 32.1 Å². The maximum Gasteiger partial charge on any atom is 0.225 e. The number of anilines is 1. The predicted molar refractivity (Wildman–Crippen MR) is 99.6 cm³/mol. The van der Waals surface area contributed by atoms with Crippen LogP contribution in [0.4, 0.5) is 5.69 Å². The Bertz CT molecular complexity index is 606. The highest BCUT2D eigenvalue weighted by molar-refractivity contribution is 5.89. The summed E-state index contributed by atoms with van der Waals surface area (Å²) in [6, 6.07) is 8.75. The first-order valence-electron chi connectivity index (χ1n) is 9.38. The Labute approximate surface area is 150 Å². The number of carbonyl (C=O) groups excluding carboxylic acids is 2. The van der Waals surface area contributed by atoms with Gasteiger partial charge in [0.2, 0.25) is 11.8 Å². The van der Waals surface area contributed by atoms with E-state index in [1.807, 2.05) is 19.0 Å². The molecular weight excluding hydrogens is 314 g/mol. The monoisotopic (exact) mass is 343 g/mol. The van der Waals surface area contributed by atoms with E-state index in [9.17, 15) is 9.59 Å². The average Bonchev–Trinajstić information content (AvgIpc) is 3.24. The van der Waals surface area contributed by atoms with Gasteiger partial charge in [-0.15, -0.1) is 0 Å². The SMILES string of the molecule is CN(C)c1ccc(CCNC(=O)[C@H]2CC(=O)N(C3CCCC3)C2)cc1. The third-order valence-corrected chi connectivity index (χ3v) is 5.46. The maximum atomic E-state index is 12.4. The molecule has 3 rings (SSSR count). The van der Waals surface area contributed by atoms with Crippen LogP contribution in [0.3, 0.4) is 0 Å². The molecule has 1 heterocycles. The molecular formula is C20H29N3O2. The molecule has 136 valence electrons. The molecule has 5 nitrogen and oxygen atoms in total. The second-order valence-corrected chi connectivity index (χ2v) is 7.49. The number of hydrogen-bond acceptors (Lipinski definition) is 3. The molecule has 0 unspecified atom stereocenters. The zero-order valence-corrected chi connectivity index (χ0v) is 15.3. The van der Waals surface area contributed by atoms with Gasteiger partial charge in [0.15, 0.2) is 0 Å². The van der Waals surface area contributed by atoms with Crippen LogP contribution in [0.2, 0.25) is 0 Å². The first-order chi connectivity index (χ1) is 12.0. The zero-order valence-electron chi connectivity index (χ0n) is 15.3. The molecule has 1 aromatic rings. The minimum atomic E-state index is -0.177. The number of carbonyl (C=O) groups is 2. The Hall–Kier alpha value is -2.04. The van der Waals surface area contributed by atoms with Gasteiger partial charge in [0.05, 0.1) is 5.92 Å². The highest BCUT2D eigenvalue weighted by Gasteiger charge is 2.38. The summed E-state index contributed by atoms with van der Waals surface area (Å²) in [6.45, 7) is 1.22. The van der Waals surface area contributed by atoms with Crippen LogP contribution in [0.1, 0.15) is 37.7 Å². The molecule has 1 aromatic carbocycles. The second-order valence-electron chi connectivity index (χ2n) is 7.49. The van der Waals surface area contributed by atoms with Crippen molar-refractivity contribution in [3.8, 4) is 0 Å². The van der Waals surface area contributed by atoms with Gasteiger partial charge in [-0.1, -0.05) is 25.0 Å². The van der Waals surface area contributed by atoms with Crippen molar-refractivity contribution in [2.24, 2.45) is 5.92 Å². The van der Waals surface area contributed by atoms with E-state index in [2.05, 4.69) is 34.5 Å². The smallest absolute Gasteiger partial charge is 0.225 e. The molecule has 0 spiro atoms. The second kappa shape index (κ2) is 7.89. The van der Waals surface area contributed by atoms with Crippen molar-refractivity contribution < 1.29 is 9.59 Å². The Morgan fingerprint density at radius 2 is 1.88 bits per heavy atom. The molecule has 0 aromatic heterocycles. The van der Waals surface area contributed by atoms with E-state index < -0.39 is 0 Å². The summed E-state index contributed by atoms with van der Waals surface area (Å²) < 4.78 is 0. The predicted octanol–water partition coefficient (Wildman–Crippen LogP) is 2.20. The van der Waals surface area contributed by atoms with Crippen molar-refractivity contribution in [1.29, 1.82) is 0 Å². The van der Waals surface area contributed by atoms with Crippen LogP contribution in [0.25, 0.3) is 0 Å². The van der Waals surface area contributed by atoms with E-state index in [1.165, 1.54) is 24.1 Å². The Morgan fingerprint density at radius 1 is 1.20 bits per heavy atom. The molecule has 1 N–H and O–H groups in total. The third kappa shape index (κ3) is 4.33. The van der Waals surface area contributed by atoms with Crippen molar-refractivity contribution in [1.82, 2.24) is 10.2 Å². The minimum Gasteiger partial charge on any atom is -0.378 e. The molecule has 2 fully saturated rings. The molecule has 0 radical (unpaired) electrons. The fourth-order valence-electron chi connectivity index (χ4n) is 3.91. The molecule has 1 saturated heterocycles. The zero-order chi connectivity index (χ0) is 17.8. The maximum absolute atomic E-state index is 12.4. The molecule has 1 aliphatic heterocycles. The highest BCUT2D eigenvalue weighted by atomic mass is 16.2. The van der Waals surface area contributed by atoms with E-state index in [1.54, 1.807) is 0 Å². The summed E-state index contributed by atoms with van der Waals surface area (Å²) in [7, 11) is 4.04. The molecule has 1 saturated carbocycles. The first kappa shape index (κ1) is 17.8. The molecule has 1 aliphatic carbocycles. The number of nitrogens with zero attached hydrogens (tertiary/aromatic N) is 2. The summed E-state index contributed by atoms with van der Waals surface area (Å²) >= 11 is 0. The van der Waals surface area contributed by atoms with Gasteiger partial charge in [-0.2, -0.15) is 0 Å². The number of hydrogen-bond donors (Lipinski definition) is 1. The van der Waals surface area contributed by atoms with E-state index in [-0.39, 0.29) is 17.7 Å². The van der Waals surface area contributed by atoms with Gasteiger partial charge in [-0.25, -0.2) is 0 Å². The summed E-state index contributed by atoms with van der Waals surface area (Å²) in [5.41, 5.74) is 2.38. The molecule has 1 atom stereocenters. The van der Waals surface area contributed by atoms with Gasteiger partial charge in [-0.3, -0.25) is 9.59 Å². The van der Waals surface area contributed by atoms with Crippen LogP contribution in [0.15, 0.2) is 24.3 Å². The van der Waals surface area contributed by atoms with Gasteiger partial charge in [0, 0.05) is 45.3 Å². The fourth-order valence-corrected chi connectivity index (χ4v) is 3.91. The lowest BCUT2D eigenvalue weighted by molar-refractivity contribution is -0.130. The van der Waals surface area contributed by atoms with Crippen LogP contribution >= 0.6 is 0 Å². The molecule has 25 heavy (non-hydrogen) atoms. The van der Waals surface area contributed by atoms with Crippen LogP contribution in [-0.2, 0) is 16.0 Å². The summed E-state index contributed by atoms with van der Waals surface area (Å²) in [5, 5.41) is 3.01. The molecule has 2 amide bonds. The topological polar surface area (TPSA) is 52.7 Å². The van der Waals surface area contributed by atoms with E-state index in [0.29, 0.717) is 25.6 Å². The quantitative estimate of drug-likeness (QED) is 0.861. The summed E-state index contributed by atoms with van der Waals surface area (Å²) in [5.74, 6) is 0.00861. The lowest BCUT2D eigenvalue weighted by Crippen LogP contribution is -2.37. The Kier molecular flexibility index (Phi) is 5.61. The number of benzene rings is 1.